The van der Waals surface area contributed by atoms with Gasteiger partial charge < -0.3 is 9.64 Å². The summed E-state index contributed by atoms with van der Waals surface area (Å²) in [5.41, 5.74) is 3.18. The largest absolute Gasteiger partial charge is 0.496 e. The molecule has 4 rings (SSSR count). The van der Waals surface area contributed by atoms with Gasteiger partial charge in [0.15, 0.2) is 0 Å². The zero-order chi connectivity index (χ0) is 22.0. The minimum atomic E-state index is -0.426. The first-order valence-corrected chi connectivity index (χ1v) is 10.9. The maximum absolute atomic E-state index is 13.3. The normalized spacial score (nSPS) is 20.8. The van der Waals surface area contributed by atoms with E-state index in [1.807, 2.05) is 24.1 Å². The number of nitro groups is 1. The minimum Gasteiger partial charge on any atom is -0.496 e. The number of fused-ring (bicyclic) bond motifs is 1. The summed E-state index contributed by atoms with van der Waals surface area (Å²) in [6.45, 7) is 2.15. The molecule has 1 heterocycles. The third-order valence-corrected chi connectivity index (χ3v) is 6.69. The van der Waals surface area contributed by atoms with Gasteiger partial charge in [0.2, 0.25) is 5.91 Å². The molecule has 1 fully saturated rings. The second-order valence-corrected chi connectivity index (χ2v) is 8.43. The number of methoxy groups -OCH3 is 1. The van der Waals surface area contributed by atoms with Gasteiger partial charge in [-0.1, -0.05) is 24.3 Å². The zero-order valence-corrected chi connectivity index (χ0v) is 18.1. The summed E-state index contributed by atoms with van der Waals surface area (Å²) in [6, 6.07) is 12.6. The Kier molecular flexibility index (Phi) is 6.23. The van der Waals surface area contributed by atoms with E-state index in [2.05, 4.69) is 11.0 Å². The van der Waals surface area contributed by atoms with Crippen LogP contribution in [0.25, 0.3) is 0 Å². The fourth-order valence-electron chi connectivity index (χ4n) is 5.09. The smallest absolute Gasteiger partial charge is 0.269 e. The van der Waals surface area contributed by atoms with Crippen molar-refractivity contribution in [3.05, 3.63) is 69.3 Å². The van der Waals surface area contributed by atoms with Crippen molar-refractivity contribution >= 4 is 11.6 Å². The summed E-state index contributed by atoms with van der Waals surface area (Å²) in [4.78, 5) is 28.2. The Balaban J connectivity index is 1.61. The average molecular weight is 424 g/mol. The topological polar surface area (TPSA) is 75.9 Å². The predicted octanol–water partition coefficient (Wildman–Crippen LogP) is 3.76. The summed E-state index contributed by atoms with van der Waals surface area (Å²) in [5, 5.41) is 10.9. The number of carbonyl (C=O) groups is 1. The van der Waals surface area contributed by atoms with Crippen LogP contribution in [-0.2, 0) is 17.6 Å². The zero-order valence-electron chi connectivity index (χ0n) is 18.1. The molecule has 0 unspecified atom stereocenters. The van der Waals surface area contributed by atoms with Gasteiger partial charge >= 0.3 is 0 Å². The fraction of sp³-hybridized carbons (Fsp3) is 0.458. The van der Waals surface area contributed by atoms with Crippen LogP contribution in [0.1, 0.15) is 42.0 Å². The van der Waals surface area contributed by atoms with Crippen LogP contribution in [0.4, 0.5) is 5.69 Å². The van der Waals surface area contributed by atoms with Crippen LogP contribution in [0.15, 0.2) is 42.5 Å². The Morgan fingerprint density at radius 3 is 2.55 bits per heavy atom. The summed E-state index contributed by atoms with van der Waals surface area (Å²) in [7, 11) is 3.58. The lowest BCUT2D eigenvalue weighted by Crippen LogP contribution is -2.48. The molecule has 7 heteroatoms. The van der Waals surface area contributed by atoms with E-state index in [0.717, 1.165) is 37.2 Å². The fourth-order valence-corrected chi connectivity index (χ4v) is 5.09. The van der Waals surface area contributed by atoms with Crippen molar-refractivity contribution in [3.8, 4) is 5.75 Å². The van der Waals surface area contributed by atoms with Gasteiger partial charge in [-0.2, -0.15) is 0 Å². The highest BCUT2D eigenvalue weighted by Gasteiger charge is 2.39. The number of likely N-dealkylation sites (tertiary alicyclic amines) is 1. The molecule has 1 aliphatic heterocycles. The van der Waals surface area contributed by atoms with Crippen molar-refractivity contribution in [3.63, 3.8) is 0 Å². The number of rotatable bonds is 6. The highest BCUT2D eigenvalue weighted by atomic mass is 16.6. The lowest BCUT2D eigenvalue weighted by atomic mass is 9.81. The van der Waals surface area contributed by atoms with Crippen molar-refractivity contribution in [2.75, 3.05) is 27.2 Å². The van der Waals surface area contributed by atoms with Crippen LogP contribution in [0.5, 0.6) is 5.75 Å². The second kappa shape index (κ2) is 9.06. The third kappa shape index (κ3) is 4.28. The molecule has 2 aliphatic rings. The van der Waals surface area contributed by atoms with Crippen LogP contribution in [-0.4, -0.2) is 53.9 Å². The number of likely N-dealkylation sites (N-methyl/N-ethyl adjacent to an activating group) is 1. The average Bonchev–Trinajstić information content (AvgIpc) is 3.32. The van der Waals surface area contributed by atoms with Gasteiger partial charge in [0.1, 0.15) is 5.75 Å². The third-order valence-electron chi connectivity index (χ3n) is 6.69. The maximum Gasteiger partial charge on any atom is 0.269 e. The Morgan fingerprint density at radius 1 is 1.19 bits per heavy atom. The van der Waals surface area contributed by atoms with Crippen LogP contribution in [0, 0.1) is 10.1 Å². The first-order chi connectivity index (χ1) is 15.0. The highest BCUT2D eigenvalue weighted by molar-refractivity contribution is 5.79. The van der Waals surface area contributed by atoms with Crippen LogP contribution < -0.4 is 4.74 Å². The van der Waals surface area contributed by atoms with Gasteiger partial charge in [0.05, 0.1) is 24.5 Å². The van der Waals surface area contributed by atoms with Gasteiger partial charge in [0, 0.05) is 25.2 Å². The number of nitrogens with zero attached hydrogens (tertiary/aromatic N) is 3. The molecule has 164 valence electrons. The molecule has 0 bridgehead atoms. The molecule has 0 saturated carbocycles. The van der Waals surface area contributed by atoms with Crippen molar-refractivity contribution in [1.29, 1.82) is 0 Å². The van der Waals surface area contributed by atoms with Gasteiger partial charge in [-0.25, -0.2) is 0 Å². The van der Waals surface area contributed by atoms with E-state index in [1.165, 1.54) is 36.1 Å². The SMILES string of the molecule is COc1cccc2c1CC[C@H](N1CCCC1)[C@H]2N(C)C(=O)Cc1ccc([N+](=O)[O-])cc1. The lowest BCUT2D eigenvalue weighted by molar-refractivity contribution is -0.384. The number of benzene rings is 2. The Morgan fingerprint density at radius 2 is 1.90 bits per heavy atom. The molecule has 2 aromatic carbocycles. The first-order valence-electron chi connectivity index (χ1n) is 10.9. The molecule has 2 aromatic rings. The molecule has 0 aromatic heterocycles. The molecule has 0 N–H and O–H groups in total. The van der Waals surface area contributed by atoms with E-state index in [4.69, 9.17) is 4.74 Å². The van der Waals surface area contributed by atoms with E-state index in [9.17, 15) is 14.9 Å². The highest BCUT2D eigenvalue weighted by Crippen LogP contribution is 2.41. The number of carbonyl (C=O) groups excluding carboxylic acids is 1. The van der Waals surface area contributed by atoms with E-state index in [-0.39, 0.29) is 30.1 Å². The quantitative estimate of drug-likeness (QED) is 0.522. The molecule has 31 heavy (non-hydrogen) atoms. The van der Waals surface area contributed by atoms with Gasteiger partial charge in [-0.05, 0) is 61.5 Å². The lowest BCUT2D eigenvalue weighted by Gasteiger charge is -2.44. The molecule has 1 aliphatic carbocycles. The summed E-state index contributed by atoms with van der Waals surface area (Å²) >= 11 is 0. The van der Waals surface area contributed by atoms with Gasteiger partial charge in [-0.3, -0.25) is 19.8 Å². The molecule has 0 spiro atoms. The van der Waals surface area contributed by atoms with E-state index in [1.54, 1.807) is 19.2 Å². The number of nitro benzene ring substituents is 1. The number of ether oxygens (including phenoxy) is 1. The maximum atomic E-state index is 13.3. The number of hydrogen-bond acceptors (Lipinski definition) is 5. The van der Waals surface area contributed by atoms with Crippen molar-refractivity contribution in [1.82, 2.24) is 9.80 Å². The van der Waals surface area contributed by atoms with E-state index in [0.29, 0.717) is 0 Å². The molecule has 7 nitrogen and oxygen atoms in total. The Hall–Kier alpha value is -2.93. The van der Waals surface area contributed by atoms with Crippen LogP contribution in [0.2, 0.25) is 0 Å². The molecule has 1 amide bonds. The molecule has 2 atom stereocenters. The van der Waals surface area contributed by atoms with Crippen LogP contribution >= 0.6 is 0 Å². The summed E-state index contributed by atoms with van der Waals surface area (Å²) in [5.74, 6) is 0.900. The second-order valence-electron chi connectivity index (χ2n) is 8.43. The standard InChI is InChI=1S/C24H29N3O4/c1-25(23(28)16-17-8-10-18(11-9-17)27(29)30)24-20-6-5-7-22(31-2)19(20)12-13-21(24)26-14-3-4-15-26/h5-11,21,24H,3-4,12-16H2,1-2H3/t21-,24-/m0/s1. The van der Waals surface area contributed by atoms with Gasteiger partial charge in [0.25, 0.3) is 5.69 Å². The Labute approximate surface area is 182 Å². The number of amides is 1. The van der Waals surface area contributed by atoms with Crippen molar-refractivity contribution in [2.45, 2.75) is 44.2 Å². The van der Waals surface area contributed by atoms with Crippen LogP contribution in [0.3, 0.4) is 0 Å². The summed E-state index contributed by atoms with van der Waals surface area (Å²) in [6.07, 6.45) is 4.56. The van der Waals surface area contributed by atoms with Crippen molar-refractivity contribution < 1.29 is 14.5 Å². The first kappa shape index (κ1) is 21.3. The predicted molar refractivity (Wildman–Crippen MR) is 118 cm³/mol. The molecular formula is C24H29N3O4. The number of non-ortho nitro benzene ring substituents is 1. The molecular weight excluding hydrogens is 394 g/mol. The van der Waals surface area contributed by atoms with E-state index >= 15 is 0 Å². The minimum absolute atomic E-state index is 0.0127. The monoisotopic (exact) mass is 423 g/mol. The van der Waals surface area contributed by atoms with Crippen molar-refractivity contribution in [2.24, 2.45) is 0 Å². The number of hydrogen-bond donors (Lipinski definition) is 0. The Bertz CT molecular complexity index is 954. The molecule has 1 saturated heterocycles. The van der Waals surface area contributed by atoms with Gasteiger partial charge in [-0.15, -0.1) is 0 Å². The van der Waals surface area contributed by atoms with E-state index < -0.39 is 4.92 Å². The molecule has 0 radical (unpaired) electrons. The summed E-state index contributed by atoms with van der Waals surface area (Å²) < 4.78 is 5.62.